The van der Waals surface area contributed by atoms with E-state index in [4.69, 9.17) is 0 Å². The first kappa shape index (κ1) is 16.5. The highest BCUT2D eigenvalue weighted by Gasteiger charge is 2.21. The van der Waals surface area contributed by atoms with Crippen molar-refractivity contribution in [2.75, 3.05) is 24.6 Å². The third kappa shape index (κ3) is 5.77. The van der Waals surface area contributed by atoms with Crippen molar-refractivity contribution in [3.8, 4) is 0 Å². The molecule has 0 amide bonds. The Balaban J connectivity index is 1.85. The van der Waals surface area contributed by atoms with Crippen LogP contribution in [0.4, 0.5) is 0 Å². The summed E-state index contributed by atoms with van der Waals surface area (Å²) in [6.45, 7) is 9.48. The maximum atomic E-state index is 11.4. The van der Waals surface area contributed by atoms with E-state index in [0.29, 0.717) is 24.6 Å². The van der Waals surface area contributed by atoms with E-state index < -0.39 is 9.84 Å². The zero-order valence-electron chi connectivity index (χ0n) is 13.2. The molecule has 1 aromatic carbocycles. The zero-order valence-corrected chi connectivity index (χ0v) is 14.0. The second kappa shape index (κ2) is 6.46. The molecule has 0 bridgehead atoms. The molecule has 1 saturated heterocycles. The highest BCUT2D eigenvalue weighted by Crippen LogP contribution is 2.12. The van der Waals surface area contributed by atoms with Gasteiger partial charge in [-0.3, -0.25) is 4.90 Å². The Morgan fingerprint density at radius 3 is 2.10 bits per heavy atom. The predicted octanol–water partition coefficient (Wildman–Crippen LogP) is 1.81. The van der Waals surface area contributed by atoms with E-state index in [9.17, 15) is 8.42 Å². The van der Waals surface area contributed by atoms with Gasteiger partial charge in [0.05, 0.1) is 11.5 Å². The number of rotatable bonds is 4. The first-order chi connectivity index (χ1) is 9.73. The van der Waals surface area contributed by atoms with Crippen molar-refractivity contribution in [2.24, 2.45) is 0 Å². The van der Waals surface area contributed by atoms with Crippen molar-refractivity contribution in [3.05, 3.63) is 35.4 Å². The summed E-state index contributed by atoms with van der Waals surface area (Å²) in [5, 5.41) is 3.47. The summed E-state index contributed by atoms with van der Waals surface area (Å²) in [6.07, 6.45) is 0. The van der Waals surface area contributed by atoms with Crippen LogP contribution in [0.5, 0.6) is 0 Å². The van der Waals surface area contributed by atoms with Gasteiger partial charge in [-0.1, -0.05) is 24.3 Å². The molecule has 1 aliphatic rings. The molecule has 1 N–H and O–H groups in total. The molecule has 0 aliphatic carbocycles. The van der Waals surface area contributed by atoms with Gasteiger partial charge in [0.25, 0.3) is 0 Å². The fraction of sp³-hybridized carbons (Fsp3) is 0.625. The smallest absolute Gasteiger partial charge is 0.152 e. The molecule has 1 heterocycles. The molecule has 5 heteroatoms. The van der Waals surface area contributed by atoms with Crippen LogP contribution in [-0.4, -0.2) is 43.5 Å². The lowest BCUT2D eigenvalue weighted by atomic mass is 10.1. The molecule has 1 aliphatic heterocycles. The van der Waals surface area contributed by atoms with E-state index in [1.807, 2.05) is 0 Å². The van der Waals surface area contributed by atoms with Crippen LogP contribution in [0.3, 0.4) is 0 Å². The fourth-order valence-electron chi connectivity index (χ4n) is 2.30. The Kier molecular flexibility index (Phi) is 5.07. The van der Waals surface area contributed by atoms with E-state index in [1.165, 1.54) is 11.1 Å². The van der Waals surface area contributed by atoms with Gasteiger partial charge < -0.3 is 5.32 Å². The lowest BCUT2D eigenvalue weighted by molar-refractivity contribution is 0.287. The van der Waals surface area contributed by atoms with Gasteiger partial charge >= 0.3 is 0 Å². The molecule has 0 radical (unpaired) electrons. The molecule has 0 saturated carbocycles. The number of nitrogens with one attached hydrogen (secondary N) is 1. The second-order valence-electron chi connectivity index (χ2n) is 6.85. The van der Waals surface area contributed by atoms with Crippen LogP contribution < -0.4 is 5.32 Å². The fourth-order valence-corrected chi connectivity index (χ4v) is 3.57. The van der Waals surface area contributed by atoms with Crippen molar-refractivity contribution in [1.29, 1.82) is 0 Å². The van der Waals surface area contributed by atoms with E-state index in [-0.39, 0.29) is 5.54 Å². The lowest BCUT2D eigenvalue weighted by Crippen LogP contribution is -2.39. The molecule has 118 valence electrons. The molecule has 2 rings (SSSR count). The Labute approximate surface area is 128 Å². The second-order valence-corrected chi connectivity index (χ2v) is 9.15. The molecular weight excluding hydrogens is 284 g/mol. The quantitative estimate of drug-likeness (QED) is 0.921. The van der Waals surface area contributed by atoms with Crippen LogP contribution in [0.25, 0.3) is 0 Å². The van der Waals surface area contributed by atoms with E-state index in [2.05, 4.69) is 55.3 Å². The Hall–Kier alpha value is -0.910. The van der Waals surface area contributed by atoms with Gasteiger partial charge in [-0.15, -0.1) is 0 Å². The molecule has 0 spiro atoms. The van der Waals surface area contributed by atoms with Crippen molar-refractivity contribution in [2.45, 2.75) is 39.4 Å². The zero-order chi connectivity index (χ0) is 15.5. The van der Waals surface area contributed by atoms with Crippen molar-refractivity contribution < 1.29 is 8.42 Å². The average molecular weight is 310 g/mol. The molecule has 1 aromatic rings. The van der Waals surface area contributed by atoms with Crippen LogP contribution in [-0.2, 0) is 22.9 Å². The summed E-state index contributed by atoms with van der Waals surface area (Å²) < 4.78 is 22.8. The van der Waals surface area contributed by atoms with E-state index in [0.717, 1.165) is 13.1 Å². The lowest BCUT2D eigenvalue weighted by Gasteiger charge is -2.26. The van der Waals surface area contributed by atoms with E-state index in [1.54, 1.807) is 0 Å². The van der Waals surface area contributed by atoms with Crippen LogP contribution in [0, 0.1) is 0 Å². The highest BCUT2D eigenvalue weighted by atomic mass is 32.2. The molecule has 0 unspecified atom stereocenters. The van der Waals surface area contributed by atoms with Crippen LogP contribution in [0.15, 0.2) is 24.3 Å². The monoisotopic (exact) mass is 310 g/mol. The highest BCUT2D eigenvalue weighted by molar-refractivity contribution is 7.91. The minimum absolute atomic E-state index is 0.123. The molecule has 0 aromatic heterocycles. The molecular formula is C16H26N2O2S. The number of benzene rings is 1. The molecule has 0 atom stereocenters. The maximum absolute atomic E-state index is 11.4. The SMILES string of the molecule is CC(C)(C)NCc1ccc(CN2CCS(=O)(=O)CC2)cc1. The van der Waals surface area contributed by atoms with Crippen LogP contribution in [0.2, 0.25) is 0 Å². The van der Waals surface area contributed by atoms with Crippen molar-refractivity contribution >= 4 is 9.84 Å². The number of hydrogen-bond donors (Lipinski definition) is 1. The molecule has 1 fully saturated rings. The standard InChI is InChI=1S/C16H26N2O2S/c1-16(2,3)17-12-14-4-6-15(7-5-14)13-18-8-10-21(19,20)11-9-18/h4-7,17H,8-13H2,1-3H3. The Morgan fingerprint density at radius 2 is 1.57 bits per heavy atom. The first-order valence-corrected chi connectivity index (χ1v) is 9.31. The van der Waals surface area contributed by atoms with Crippen molar-refractivity contribution in [3.63, 3.8) is 0 Å². The summed E-state index contributed by atoms with van der Waals surface area (Å²) in [7, 11) is -2.79. The summed E-state index contributed by atoms with van der Waals surface area (Å²) in [5.74, 6) is 0.584. The minimum Gasteiger partial charge on any atom is -0.308 e. The third-order valence-electron chi connectivity index (χ3n) is 3.69. The summed E-state index contributed by atoms with van der Waals surface area (Å²) in [5.41, 5.74) is 2.64. The largest absolute Gasteiger partial charge is 0.308 e. The molecule has 21 heavy (non-hydrogen) atoms. The van der Waals surface area contributed by atoms with Gasteiger partial charge in [-0.2, -0.15) is 0 Å². The minimum atomic E-state index is -2.79. The van der Waals surface area contributed by atoms with Gasteiger partial charge in [0, 0.05) is 31.7 Å². The van der Waals surface area contributed by atoms with Gasteiger partial charge in [0.1, 0.15) is 0 Å². The number of nitrogens with zero attached hydrogens (tertiary/aromatic N) is 1. The predicted molar refractivity (Wildman–Crippen MR) is 87.0 cm³/mol. The third-order valence-corrected chi connectivity index (χ3v) is 5.30. The van der Waals surface area contributed by atoms with Crippen LogP contribution >= 0.6 is 0 Å². The van der Waals surface area contributed by atoms with Gasteiger partial charge in [-0.05, 0) is 31.9 Å². The Bertz CT molecular complexity index is 545. The first-order valence-electron chi connectivity index (χ1n) is 7.49. The number of sulfone groups is 1. The average Bonchev–Trinajstić information content (AvgIpc) is 2.40. The van der Waals surface area contributed by atoms with Gasteiger partial charge in [0.2, 0.25) is 0 Å². The summed E-state index contributed by atoms with van der Waals surface area (Å²) >= 11 is 0. The summed E-state index contributed by atoms with van der Waals surface area (Å²) in [6, 6.07) is 8.58. The Morgan fingerprint density at radius 1 is 1.05 bits per heavy atom. The summed E-state index contributed by atoms with van der Waals surface area (Å²) in [4.78, 5) is 2.21. The normalized spacial score (nSPS) is 19.6. The van der Waals surface area contributed by atoms with Crippen molar-refractivity contribution in [1.82, 2.24) is 10.2 Å². The molecule has 4 nitrogen and oxygen atoms in total. The maximum Gasteiger partial charge on any atom is 0.152 e. The van der Waals surface area contributed by atoms with Gasteiger partial charge in [-0.25, -0.2) is 8.42 Å². The topological polar surface area (TPSA) is 49.4 Å². The van der Waals surface area contributed by atoms with Crippen LogP contribution in [0.1, 0.15) is 31.9 Å². The number of hydrogen-bond acceptors (Lipinski definition) is 4. The van der Waals surface area contributed by atoms with Gasteiger partial charge in [0.15, 0.2) is 9.84 Å². The van der Waals surface area contributed by atoms with E-state index >= 15 is 0 Å².